The number of aryl methyl sites for hydroxylation is 1. The molecule has 4 aromatic rings. The molecule has 3 aromatic heterocycles. The van der Waals surface area contributed by atoms with Gasteiger partial charge in [0.2, 0.25) is 0 Å². The van der Waals surface area contributed by atoms with E-state index in [1.54, 1.807) is 0 Å². The maximum atomic E-state index is 4.73. The van der Waals surface area contributed by atoms with E-state index in [9.17, 15) is 0 Å². The Morgan fingerprint density at radius 2 is 1.83 bits per heavy atom. The lowest BCUT2D eigenvalue weighted by Gasteiger charge is -2.35. The van der Waals surface area contributed by atoms with Crippen LogP contribution in [0.1, 0.15) is 30.5 Å². The Bertz CT molecular complexity index is 1140. The summed E-state index contributed by atoms with van der Waals surface area (Å²) in [4.78, 5) is 13.6. The summed E-state index contributed by atoms with van der Waals surface area (Å²) < 4.78 is 0. The Morgan fingerprint density at radius 3 is 2.71 bits per heavy atom. The van der Waals surface area contributed by atoms with Gasteiger partial charge in [-0.1, -0.05) is 31.5 Å². The minimum Gasteiger partial charge on any atom is -0.262 e. The van der Waals surface area contributed by atoms with Crippen LogP contribution >= 0.6 is 0 Å². The second-order valence-electron chi connectivity index (χ2n) is 7.13. The van der Waals surface area contributed by atoms with Crippen LogP contribution in [-0.2, 0) is 5.41 Å². The number of benzene rings is 1. The molecule has 0 N–H and O–H groups in total. The van der Waals surface area contributed by atoms with Gasteiger partial charge in [-0.15, -0.1) is 0 Å². The molecule has 24 heavy (non-hydrogen) atoms. The molecule has 0 radical (unpaired) electrons. The van der Waals surface area contributed by atoms with Crippen LogP contribution < -0.4 is 0 Å². The van der Waals surface area contributed by atoms with Gasteiger partial charge in [-0.05, 0) is 35.6 Å². The van der Waals surface area contributed by atoms with Crippen molar-refractivity contribution in [1.82, 2.24) is 15.0 Å². The van der Waals surface area contributed by atoms with Crippen molar-refractivity contribution >= 4 is 21.7 Å². The van der Waals surface area contributed by atoms with E-state index in [1.807, 2.05) is 24.8 Å². The molecular weight excluding hydrogens is 294 g/mol. The van der Waals surface area contributed by atoms with Crippen LogP contribution in [0.5, 0.6) is 0 Å². The Morgan fingerprint density at radius 1 is 0.958 bits per heavy atom. The van der Waals surface area contributed by atoms with Crippen molar-refractivity contribution < 1.29 is 0 Å². The lowest BCUT2D eigenvalue weighted by Crippen LogP contribution is -2.25. The molecule has 0 saturated carbocycles. The third-order valence-electron chi connectivity index (χ3n) is 5.23. The van der Waals surface area contributed by atoms with Gasteiger partial charge in [0.25, 0.3) is 0 Å². The van der Waals surface area contributed by atoms with Crippen molar-refractivity contribution in [3.63, 3.8) is 0 Å². The topological polar surface area (TPSA) is 38.7 Å². The minimum absolute atomic E-state index is 0.113. The average molecular weight is 311 g/mol. The van der Waals surface area contributed by atoms with Crippen molar-refractivity contribution in [3.8, 4) is 11.3 Å². The Hall–Kier alpha value is -2.81. The highest BCUT2D eigenvalue weighted by atomic mass is 14.7. The fraction of sp³-hybridized carbons (Fsp3) is 0.190. The zero-order valence-electron chi connectivity index (χ0n) is 14.0. The molecular formula is C21H17N3. The van der Waals surface area contributed by atoms with E-state index in [1.165, 1.54) is 32.8 Å². The van der Waals surface area contributed by atoms with E-state index in [2.05, 4.69) is 55.0 Å². The maximum Gasteiger partial charge on any atom is 0.0888 e. The van der Waals surface area contributed by atoms with Gasteiger partial charge in [-0.3, -0.25) is 15.0 Å². The lowest BCUT2D eigenvalue weighted by atomic mass is 9.68. The van der Waals surface area contributed by atoms with E-state index in [0.29, 0.717) is 0 Å². The third-order valence-corrected chi connectivity index (χ3v) is 5.23. The fourth-order valence-electron chi connectivity index (χ4n) is 4.20. The van der Waals surface area contributed by atoms with Gasteiger partial charge >= 0.3 is 0 Å². The van der Waals surface area contributed by atoms with E-state index >= 15 is 0 Å². The van der Waals surface area contributed by atoms with Crippen LogP contribution in [0.4, 0.5) is 0 Å². The third kappa shape index (κ3) is 1.59. The minimum atomic E-state index is -0.113. The van der Waals surface area contributed by atoms with Crippen LogP contribution in [0.3, 0.4) is 0 Å². The molecule has 0 saturated heterocycles. The number of hydrogen-bond acceptors (Lipinski definition) is 3. The zero-order valence-corrected chi connectivity index (χ0v) is 14.0. The van der Waals surface area contributed by atoms with Gasteiger partial charge in [-0.25, -0.2) is 0 Å². The molecule has 5 rings (SSSR count). The van der Waals surface area contributed by atoms with Gasteiger partial charge in [0, 0.05) is 40.3 Å². The van der Waals surface area contributed by atoms with Crippen LogP contribution in [0.2, 0.25) is 0 Å². The quantitative estimate of drug-likeness (QED) is 0.468. The molecule has 1 aliphatic carbocycles. The second-order valence-corrected chi connectivity index (χ2v) is 7.13. The number of fused-ring (bicyclic) bond motifs is 4. The van der Waals surface area contributed by atoms with Gasteiger partial charge in [0.1, 0.15) is 0 Å². The normalized spacial score (nSPS) is 14.8. The molecule has 3 heterocycles. The number of nitrogens with zero attached hydrogens (tertiary/aromatic N) is 3. The summed E-state index contributed by atoms with van der Waals surface area (Å²) in [5.74, 6) is 0. The summed E-state index contributed by atoms with van der Waals surface area (Å²) in [5, 5.41) is 3.68. The van der Waals surface area contributed by atoms with Crippen molar-refractivity contribution in [2.24, 2.45) is 0 Å². The molecule has 1 aromatic carbocycles. The summed E-state index contributed by atoms with van der Waals surface area (Å²) in [6, 6.07) is 8.73. The standard InChI is InChI=1S/C21H17N3/c1-12-8-13-4-7-23-20-15-10-24-17-11-22-6-5-14(17)19(15)21(2,3)16(9-12)18(13)20/h4-11H,1-3H3. The summed E-state index contributed by atoms with van der Waals surface area (Å²) in [7, 11) is 0. The smallest absolute Gasteiger partial charge is 0.0888 e. The number of aromatic nitrogens is 3. The Labute approximate surface area is 140 Å². The summed E-state index contributed by atoms with van der Waals surface area (Å²) >= 11 is 0. The lowest BCUT2D eigenvalue weighted by molar-refractivity contribution is 0.649. The van der Waals surface area contributed by atoms with Gasteiger partial charge in [0.05, 0.1) is 17.4 Å². The number of hydrogen-bond donors (Lipinski definition) is 0. The van der Waals surface area contributed by atoms with Crippen LogP contribution in [0.25, 0.3) is 32.9 Å². The fourth-order valence-corrected chi connectivity index (χ4v) is 4.20. The van der Waals surface area contributed by atoms with Crippen molar-refractivity contribution in [3.05, 3.63) is 65.7 Å². The monoisotopic (exact) mass is 311 g/mol. The average Bonchev–Trinajstić information content (AvgIpc) is 2.58. The molecule has 116 valence electrons. The molecule has 3 nitrogen and oxygen atoms in total. The second kappa shape index (κ2) is 4.38. The van der Waals surface area contributed by atoms with Crippen molar-refractivity contribution in [2.45, 2.75) is 26.2 Å². The molecule has 0 atom stereocenters. The Kier molecular flexibility index (Phi) is 2.49. The first-order chi connectivity index (χ1) is 11.6. The first-order valence-corrected chi connectivity index (χ1v) is 8.21. The first kappa shape index (κ1) is 13.6. The highest BCUT2D eigenvalue weighted by molar-refractivity contribution is 6.04. The van der Waals surface area contributed by atoms with E-state index < -0.39 is 0 Å². The Balaban J connectivity index is 2.06. The van der Waals surface area contributed by atoms with Crippen LogP contribution in [0.15, 0.2) is 49.1 Å². The van der Waals surface area contributed by atoms with Gasteiger partial charge in [0.15, 0.2) is 0 Å². The number of rotatable bonds is 0. The number of pyridine rings is 3. The maximum absolute atomic E-state index is 4.73. The van der Waals surface area contributed by atoms with Gasteiger partial charge < -0.3 is 0 Å². The molecule has 0 spiro atoms. The highest BCUT2D eigenvalue weighted by Gasteiger charge is 2.36. The predicted molar refractivity (Wildman–Crippen MR) is 97.1 cm³/mol. The zero-order chi connectivity index (χ0) is 16.5. The van der Waals surface area contributed by atoms with E-state index in [-0.39, 0.29) is 5.41 Å². The van der Waals surface area contributed by atoms with E-state index in [0.717, 1.165) is 16.8 Å². The molecule has 3 heteroatoms. The SMILES string of the molecule is Cc1cc2c3c(nccc3c1)-c1cnc3cnccc3c1C2(C)C. The highest BCUT2D eigenvalue weighted by Crippen LogP contribution is 2.49. The largest absolute Gasteiger partial charge is 0.262 e. The molecule has 0 bridgehead atoms. The summed E-state index contributed by atoms with van der Waals surface area (Å²) in [5.41, 5.74) is 6.94. The molecule has 1 aliphatic rings. The molecule has 0 fully saturated rings. The first-order valence-electron chi connectivity index (χ1n) is 8.21. The van der Waals surface area contributed by atoms with E-state index in [4.69, 9.17) is 4.98 Å². The molecule has 0 amide bonds. The molecule has 0 aliphatic heterocycles. The van der Waals surface area contributed by atoms with Crippen molar-refractivity contribution in [2.75, 3.05) is 0 Å². The van der Waals surface area contributed by atoms with Crippen LogP contribution in [-0.4, -0.2) is 15.0 Å². The van der Waals surface area contributed by atoms with Crippen molar-refractivity contribution in [1.29, 1.82) is 0 Å². The molecule has 0 unspecified atom stereocenters. The predicted octanol–water partition coefficient (Wildman–Crippen LogP) is 4.79. The summed E-state index contributed by atoms with van der Waals surface area (Å²) in [6.45, 7) is 6.77. The van der Waals surface area contributed by atoms with Crippen LogP contribution in [0, 0.1) is 6.92 Å². The summed E-state index contributed by atoms with van der Waals surface area (Å²) in [6.07, 6.45) is 7.55. The van der Waals surface area contributed by atoms with Gasteiger partial charge in [-0.2, -0.15) is 0 Å².